The first-order valence-corrected chi connectivity index (χ1v) is 7.49. The Morgan fingerprint density at radius 3 is 1.41 bits per heavy atom. The molecule has 0 fully saturated rings. The molecule has 0 spiro atoms. The van der Waals surface area contributed by atoms with E-state index in [9.17, 15) is 13.2 Å². The Morgan fingerprint density at radius 2 is 1.35 bits per heavy atom. The molecule has 0 unspecified atom stereocenters. The fourth-order valence-electron chi connectivity index (χ4n) is 0.348. The van der Waals surface area contributed by atoms with Crippen LogP contribution in [0.1, 0.15) is 48.5 Å². The van der Waals surface area contributed by atoms with Gasteiger partial charge < -0.3 is 4.74 Å². The maximum atomic E-state index is 10.8. The molecule has 0 amide bonds. The van der Waals surface area contributed by atoms with Crippen LogP contribution in [0.2, 0.25) is 0 Å². The second kappa shape index (κ2) is 6.38. The van der Waals surface area contributed by atoms with Crippen molar-refractivity contribution >= 4 is 15.8 Å². The molecule has 0 atom stereocenters. The second-order valence-electron chi connectivity index (χ2n) is 5.86. The van der Waals surface area contributed by atoms with Crippen molar-refractivity contribution in [2.75, 3.05) is 12.9 Å². The van der Waals surface area contributed by atoms with Gasteiger partial charge >= 0.3 is 5.97 Å². The highest BCUT2D eigenvalue weighted by Crippen LogP contribution is 2.14. The van der Waals surface area contributed by atoms with E-state index in [0.717, 1.165) is 0 Å². The van der Waals surface area contributed by atoms with Crippen molar-refractivity contribution in [3.63, 3.8) is 0 Å². The molecular weight excluding hydrogens is 240 g/mol. The third kappa shape index (κ3) is 9.15. The van der Waals surface area contributed by atoms with E-state index in [1.807, 2.05) is 27.7 Å². The average molecular weight is 266 g/mol. The van der Waals surface area contributed by atoms with Gasteiger partial charge in [-0.3, -0.25) is 4.79 Å². The summed E-state index contributed by atoms with van der Waals surface area (Å²) in [5.74, 6) is -0.134. The molecule has 4 nitrogen and oxygen atoms in total. The Kier molecular flexibility index (Phi) is 7.05. The van der Waals surface area contributed by atoms with Crippen molar-refractivity contribution in [1.29, 1.82) is 0 Å². The van der Waals surface area contributed by atoms with Gasteiger partial charge in [-0.25, -0.2) is 8.42 Å². The summed E-state index contributed by atoms with van der Waals surface area (Å²) in [4.78, 5) is 10.8. The summed E-state index contributed by atoms with van der Waals surface area (Å²) < 4.78 is 25.5. The number of hydrogen-bond acceptors (Lipinski definition) is 4. The molecule has 0 rings (SSSR count). The Balaban J connectivity index is 0. The highest BCUT2D eigenvalue weighted by Gasteiger charge is 2.23. The van der Waals surface area contributed by atoms with Crippen molar-refractivity contribution in [2.24, 2.45) is 5.41 Å². The van der Waals surface area contributed by atoms with Gasteiger partial charge in [0.15, 0.2) is 9.84 Å². The average Bonchev–Trinajstić information content (AvgIpc) is 1.99. The smallest absolute Gasteiger partial charge is 0.311 e. The number of rotatable bonds is 1. The summed E-state index contributed by atoms with van der Waals surface area (Å²) >= 11 is 0. The Bertz CT molecular complexity index is 328. The molecule has 17 heavy (non-hydrogen) atoms. The summed E-state index contributed by atoms with van der Waals surface area (Å²) in [6, 6.07) is 0. The van der Waals surface area contributed by atoms with Crippen molar-refractivity contribution in [2.45, 2.75) is 53.2 Å². The molecule has 0 saturated carbocycles. The van der Waals surface area contributed by atoms with E-state index < -0.39 is 14.6 Å². The predicted molar refractivity (Wildman–Crippen MR) is 70.7 cm³/mol. The van der Waals surface area contributed by atoms with Gasteiger partial charge in [0.1, 0.15) is 0 Å². The molecule has 5 heteroatoms. The van der Waals surface area contributed by atoms with Gasteiger partial charge in [0.25, 0.3) is 0 Å². The molecule has 0 aliphatic rings. The fourth-order valence-corrected chi connectivity index (χ4v) is 0.348. The standard InChI is InChI=1S/C7H14O2.C5H12O2S/c1-5-9-6(8)7(2,3)4;1-5(2,3)8(4,6)7/h5H2,1-4H3;1-4H3. The first-order chi connectivity index (χ1) is 7.23. The third-order valence-corrected chi connectivity index (χ3v) is 4.22. The number of sulfone groups is 1. The number of esters is 1. The van der Waals surface area contributed by atoms with Crippen molar-refractivity contribution < 1.29 is 17.9 Å². The van der Waals surface area contributed by atoms with E-state index in [1.54, 1.807) is 20.8 Å². The quantitative estimate of drug-likeness (QED) is 0.684. The molecule has 0 saturated heterocycles. The van der Waals surface area contributed by atoms with E-state index >= 15 is 0 Å². The lowest BCUT2D eigenvalue weighted by molar-refractivity contribution is -0.152. The topological polar surface area (TPSA) is 60.4 Å². The zero-order chi connectivity index (χ0) is 14.5. The minimum atomic E-state index is -2.84. The third-order valence-electron chi connectivity index (χ3n) is 2.00. The van der Waals surface area contributed by atoms with Crippen LogP contribution < -0.4 is 0 Å². The highest BCUT2D eigenvalue weighted by molar-refractivity contribution is 7.92. The molecule has 104 valence electrons. The summed E-state index contributed by atoms with van der Waals surface area (Å²) in [5.41, 5.74) is -0.351. The monoisotopic (exact) mass is 266 g/mol. The Labute approximate surface area is 106 Å². The van der Waals surface area contributed by atoms with E-state index in [1.165, 1.54) is 6.26 Å². The van der Waals surface area contributed by atoms with Crippen LogP contribution in [0.25, 0.3) is 0 Å². The van der Waals surface area contributed by atoms with Crippen LogP contribution in [-0.4, -0.2) is 32.0 Å². The highest BCUT2D eigenvalue weighted by atomic mass is 32.2. The molecule has 0 heterocycles. The van der Waals surface area contributed by atoms with Gasteiger partial charge in [-0.15, -0.1) is 0 Å². The largest absolute Gasteiger partial charge is 0.466 e. The first kappa shape index (κ1) is 18.8. The Morgan fingerprint density at radius 1 is 1.06 bits per heavy atom. The second-order valence-corrected chi connectivity index (χ2v) is 8.62. The van der Waals surface area contributed by atoms with E-state index in [2.05, 4.69) is 0 Å². The molecule has 0 aromatic rings. The SMILES string of the molecule is CC(C)(C)S(C)(=O)=O.CCOC(=O)C(C)(C)C. The van der Waals surface area contributed by atoms with Crippen molar-refractivity contribution in [3.8, 4) is 0 Å². The number of carbonyl (C=O) groups is 1. The summed E-state index contributed by atoms with van der Waals surface area (Å²) in [5, 5.41) is 0. The molecule has 0 radical (unpaired) electrons. The molecular formula is C12H26O4S. The summed E-state index contributed by atoms with van der Waals surface area (Å²) in [6.45, 7) is 12.8. The maximum Gasteiger partial charge on any atom is 0.311 e. The van der Waals surface area contributed by atoms with Gasteiger partial charge in [0.2, 0.25) is 0 Å². The number of carbonyl (C=O) groups excluding carboxylic acids is 1. The molecule has 0 N–H and O–H groups in total. The normalized spacial score (nSPS) is 12.5. The number of hydrogen-bond donors (Lipinski definition) is 0. The zero-order valence-electron chi connectivity index (χ0n) is 12.2. The van der Waals surface area contributed by atoms with Crippen LogP contribution in [0.4, 0.5) is 0 Å². The van der Waals surface area contributed by atoms with Crippen LogP contribution in [-0.2, 0) is 19.4 Å². The molecule has 0 bridgehead atoms. The fraction of sp³-hybridized carbons (Fsp3) is 0.917. The first-order valence-electron chi connectivity index (χ1n) is 5.60. The van der Waals surface area contributed by atoms with Crippen LogP contribution in [0.15, 0.2) is 0 Å². The number of ether oxygens (including phenoxy) is 1. The zero-order valence-corrected chi connectivity index (χ0v) is 13.1. The molecule has 0 aliphatic heterocycles. The van der Waals surface area contributed by atoms with Gasteiger partial charge in [-0.05, 0) is 48.5 Å². The van der Waals surface area contributed by atoms with Crippen molar-refractivity contribution in [3.05, 3.63) is 0 Å². The Hall–Kier alpha value is -0.580. The van der Waals surface area contributed by atoms with Crippen LogP contribution in [0.3, 0.4) is 0 Å². The summed E-state index contributed by atoms with van der Waals surface area (Å²) in [6.07, 6.45) is 1.24. The van der Waals surface area contributed by atoms with Gasteiger partial charge in [-0.1, -0.05) is 0 Å². The lowest BCUT2D eigenvalue weighted by atomic mass is 9.97. The van der Waals surface area contributed by atoms with Gasteiger partial charge in [0, 0.05) is 6.26 Å². The van der Waals surface area contributed by atoms with Gasteiger partial charge in [-0.2, -0.15) is 0 Å². The predicted octanol–water partition coefficient (Wildman–Crippen LogP) is 2.43. The van der Waals surface area contributed by atoms with E-state index in [4.69, 9.17) is 4.74 Å². The van der Waals surface area contributed by atoms with E-state index in [0.29, 0.717) is 6.61 Å². The lowest BCUT2D eigenvalue weighted by Gasteiger charge is -2.14. The van der Waals surface area contributed by atoms with Gasteiger partial charge in [0.05, 0.1) is 16.8 Å². The van der Waals surface area contributed by atoms with Crippen LogP contribution in [0.5, 0.6) is 0 Å². The van der Waals surface area contributed by atoms with Crippen LogP contribution in [0, 0.1) is 5.41 Å². The summed E-state index contributed by atoms with van der Waals surface area (Å²) in [7, 11) is -2.84. The molecule has 0 aromatic carbocycles. The molecule has 0 aromatic heterocycles. The lowest BCUT2D eigenvalue weighted by Crippen LogP contribution is -2.26. The molecule has 0 aliphatic carbocycles. The van der Waals surface area contributed by atoms with Crippen LogP contribution >= 0.6 is 0 Å². The van der Waals surface area contributed by atoms with E-state index in [-0.39, 0.29) is 11.4 Å². The van der Waals surface area contributed by atoms with Crippen molar-refractivity contribution in [1.82, 2.24) is 0 Å². The minimum Gasteiger partial charge on any atom is -0.466 e. The minimum absolute atomic E-state index is 0.134. The maximum absolute atomic E-state index is 10.8.